The summed E-state index contributed by atoms with van der Waals surface area (Å²) in [5.41, 5.74) is 0. The summed E-state index contributed by atoms with van der Waals surface area (Å²) in [6.07, 6.45) is 1.21. The Labute approximate surface area is 96.9 Å². The van der Waals surface area contributed by atoms with Crippen LogP contribution in [-0.4, -0.2) is 37.6 Å². The van der Waals surface area contributed by atoms with E-state index in [2.05, 4.69) is 10.6 Å². The number of nitrogens with one attached hydrogen (secondary N) is 2. The molecule has 0 radical (unpaired) electrons. The van der Waals surface area contributed by atoms with Crippen molar-refractivity contribution < 1.29 is 14.3 Å². The van der Waals surface area contributed by atoms with Crippen LogP contribution in [0.4, 0.5) is 0 Å². The summed E-state index contributed by atoms with van der Waals surface area (Å²) in [6, 6.07) is 0.194. The van der Waals surface area contributed by atoms with Gasteiger partial charge in [0.15, 0.2) is 0 Å². The van der Waals surface area contributed by atoms with Crippen molar-refractivity contribution >= 4 is 11.9 Å². The van der Waals surface area contributed by atoms with Gasteiger partial charge in [0.25, 0.3) is 0 Å². The third-order valence-electron chi connectivity index (χ3n) is 2.12. The minimum Gasteiger partial charge on any atom is -0.466 e. The van der Waals surface area contributed by atoms with Gasteiger partial charge < -0.3 is 15.4 Å². The van der Waals surface area contributed by atoms with E-state index < -0.39 is 0 Å². The molecule has 0 spiro atoms. The lowest BCUT2D eigenvalue weighted by molar-refractivity contribution is -0.143. The Kier molecular flexibility index (Phi) is 8.52. The fraction of sp³-hybridized carbons (Fsp3) is 0.818. The van der Waals surface area contributed by atoms with Gasteiger partial charge in [0.05, 0.1) is 19.6 Å². The van der Waals surface area contributed by atoms with E-state index in [1.807, 2.05) is 13.8 Å². The molecule has 5 heteroatoms. The molecule has 0 aromatic carbocycles. The average molecular weight is 230 g/mol. The third kappa shape index (κ3) is 8.23. The van der Waals surface area contributed by atoms with Gasteiger partial charge >= 0.3 is 5.97 Å². The van der Waals surface area contributed by atoms with Crippen molar-refractivity contribution in [1.29, 1.82) is 0 Å². The second-order valence-corrected chi connectivity index (χ2v) is 3.61. The molecule has 0 heterocycles. The maximum absolute atomic E-state index is 11.3. The first-order valence-electron chi connectivity index (χ1n) is 5.75. The molecule has 0 aliphatic carbocycles. The van der Waals surface area contributed by atoms with Crippen LogP contribution >= 0.6 is 0 Å². The highest BCUT2D eigenvalue weighted by atomic mass is 16.5. The van der Waals surface area contributed by atoms with Crippen LogP contribution in [0, 0.1) is 0 Å². The molecular formula is C11H22N2O3. The van der Waals surface area contributed by atoms with E-state index >= 15 is 0 Å². The van der Waals surface area contributed by atoms with Crippen LogP contribution in [0.3, 0.4) is 0 Å². The van der Waals surface area contributed by atoms with Gasteiger partial charge in [-0.2, -0.15) is 0 Å². The Hall–Kier alpha value is -1.10. The molecule has 94 valence electrons. The monoisotopic (exact) mass is 230 g/mol. The van der Waals surface area contributed by atoms with Crippen molar-refractivity contribution in [3.05, 3.63) is 0 Å². The van der Waals surface area contributed by atoms with Crippen LogP contribution in [0.5, 0.6) is 0 Å². The zero-order valence-corrected chi connectivity index (χ0v) is 10.3. The van der Waals surface area contributed by atoms with Gasteiger partial charge in [-0.1, -0.05) is 6.92 Å². The van der Waals surface area contributed by atoms with Gasteiger partial charge in [-0.25, -0.2) is 0 Å². The van der Waals surface area contributed by atoms with E-state index in [9.17, 15) is 9.59 Å². The predicted octanol–water partition coefficient (Wildman–Crippen LogP) is 0.444. The molecule has 0 saturated heterocycles. The second-order valence-electron chi connectivity index (χ2n) is 3.61. The summed E-state index contributed by atoms with van der Waals surface area (Å²) in [7, 11) is 0. The molecule has 0 aliphatic rings. The SMILES string of the molecule is CCOC(=O)CCNCC(=O)NC(C)CC. The van der Waals surface area contributed by atoms with Gasteiger partial charge in [0.1, 0.15) is 0 Å². The first-order valence-corrected chi connectivity index (χ1v) is 5.75. The maximum Gasteiger partial charge on any atom is 0.307 e. The number of rotatable bonds is 8. The summed E-state index contributed by atoms with van der Waals surface area (Å²) >= 11 is 0. The summed E-state index contributed by atoms with van der Waals surface area (Å²) < 4.78 is 4.75. The normalized spacial score (nSPS) is 11.9. The smallest absolute Gasteiger partial charge is 0.307 e. The molecule has 0 fully saturated rings. The number of ether oxygens (including phenoxy) is 1. The van der Waals surface area contributed by atoms with E-state index in [4.69, 9.17) is 4.74 Å². The van der Waals surface area contributed by atoms with Crippen LogP contribution in [0.25, 0.3) is 0 Å². The van der Waals surface area contributed by atoms with Crippen molar-refractivity contribution in [2.45, 2.75) is 39.7 Å². The molecule has 16 heavy (non-hydrogen) atoms. The molecule has 0 aromatic heterocycles. The van der Waals surface area contributed by atoms with Crippen LogP contribution < -0.4 is 10.6 Å². The fourth-order valence-electron chi connectivity index (χ4n) is 1.05. The zero-order chi connectivity index (χ0) is 12.4. The number of esters is 1. The molecule has 0 rings (SSSR count). The number of carbonyl (C=O) groups excluding carboxylic acids is 2. The first kappa shape index (κ1) is 14.9. The van der Waals surface area contributed by atoms with Crippen molar-refractivity contribution in [2.24, 2.45) is 0 Å². The van der Waals surface area contributed by atoms with Crippen LogP contribution in [0.1, 0.15) is 33.6 Å². The minimum absolute atomic E-state index is 0.0433. The van der Waals surface area contributed by atoms with E-state index in [0.29, 0.717) is 19.6 Å². The largest absolute Gasteiger partial charge is 0.466 e. The summed E-state index contributed by atoms with van der Waals surface area (Å²) in [6.45, 7) is 6.84. The Morgan fingerprint density at radius 2 is 2.00 bits per heavy atom. The molecular weight excluding hydrogens is 208 g/mol. The highest BCUT2D eigenvalue weighted by Crippen LogP contribution is 1.87. The lowest BCUT2D eigenvalue weighted by Crippen LogP contribution is -2.39. The Morgan fingerprint density at radius 1 is 1.31 bits per heavy atom. The molecule has 2 N–H and O–H groups in total. The number of hydrogen-bond acceptors (Lipinski definition) is 4. The standard InChI is InChI=1S/C11H22N2O3/c1-4-9(3)13-10(14)8-12-7-6-11(15)16-5-2/h9,12H,4-8H2,1-3H3,(H,13,14). The van der Waals surface area contributed by atoms with Crippen molar-refractivity contribution in [2.75, 3.05) is 19.7 Å². The predicted molar refractivity (Wildman–Crippen MR) is 62.0 cm³/mol. The highest BCUT2D eigenvalue weighted by Gasteiger charge is 2.05. The topological polar surface area (TPSA) is 67.4 Å². The molecule has 1 amide bonds. The third-order valence-corrected chi connectivity index (χ3v) is 2.12. The Bertz CT molecular complexity index is 219. The molecule has 0 aliphatic heterocycles. The Morgan fingerprint density at radius 3 is 2.56 bits per heavy atom. The van der Waals surface area contributed by atoms with Crippen molar-refractivity contribution in [3.8, 4) is 0 Å². The molecule has 1 unspecified atom stereocenters. The van der Waals surface area contributed by atoms with E-state index in [0.717, 1.165) is 6.42 Å². The van der Waals surface area contributed by atoms with Gasteiger partial charge in [0.2, 0.25) is 5.91 Å². The van der Waals surface area contributed by atoms with E-state index in [-0.39, 0.29) is 24.5 Å². The lowest BCUT2D eigenvalue weighted by Gasteiger charge is -2.11. The van der Waals surface area contributed by atoms with Crippen LogP contribution in [0.15, 0.2) is 0 Å². The van der Waals surface area contributed by atoms with Gasteiger partial charge in [0, 0.05) is 12.6 Å². The summed E-state index contributed by atoms with van der Waals surface area (Å²) in [5, 5.41) is 5.72. The zero-order valence-electron chi connectivity index (χ0n) is 10.3. The van der Waals surface area contributed by atoms with Crippen molar-refractivity contribution in [1.82, 2.24) is 10.6 Å². The quantitative estimate of drug-likeness (QED) is 0.469. The van der Waals surface area contributed by atoms with Crippen LogP contribution in [-0.2, 0) is 14.3 Å². The average Bonchev–Trinajstić information content (AvgIpc) is 2.24. The number of amides is 1. The van der Waals surface area contributed by atoms with Crippen LogP contribution in [0.2, 0.25) is 0 Å². The van der Waals surface area contributed by atoms with Gasteiger partial charge in [-0.05, 0) is 20.3 Å². The molecule has 5 nitrogen and oxygen atoms in total. The Balaban J connectivity index is 3.44. The second kappa shape index (κ2) is 9.15. The summed E-state index contributed by atoms with van der Waals surface area (Å²) in [4.78, 5) is 22.2. The highest BCUT2D eigenvalue weighted by molar-refractivity contribution is 5.78. The number of carbonyl (C=O) groups is 2. The van der Waals surface area contributed by atoms with Crippen molar-refractivity contribution in [3.63, 3.8) is 0 Å². The minimum atomic E-state index is -0.239. The lowest BCUT2D eigenvalue weighted by atomic mass is 10.2. The molecule has 0 saturated carbocycles. The van der Waals surface area contributed by atoms with Gasteiger partial charge in [-0.3, -0.25) is 9.59 Å². The van der Waals surface area contributed by atoms with Gasteiger partial charge in [-0.15, -0.1) is 0 Å². The molecule has 1 atom stereocenters. The fourth-order valence-corrected chi connectivity index (χ4v) is 1.05. The summed E-state index contributed by atoms with van der Waals surface area (Å²) in [5.74, 6) is -0.282. The van der Waals surface area contributed by atoms with E-state index in [1.165, 1.54) is 0 Å². The van der Waals surface area contributed by atoms with E-state index in [1.54, 1.807) is 6.92 Å². The number of hydrogen-bond donors (Lipinski definition) is 2. The molecule has 0 aromatic rings. The maximum atomic E-state index is 11.3. The first-order chi connectivity index (χ1) is 7.60. The molecule has 0 bridgehead atoms.